The zero-order valence-corrected chi connectivity index (χ0v) is 19.7. The molecule has 37 heavy (non-hydrogen) atoms. The predicted octanol–water partition coefficient (Wildman–Crippen LogP) is 4.64. The lowest BCUT2D eigenvalue weighted by molar-refractivity contribution is -0.274. The van der Waals surface area contributed by atoms with Crippen molar-refractivity contribution in [2.45, 2.75) is 32.2 Å². The van der Waals surface area contributed by atoms with E-state index in [0.29, 0.717) is 0 Å². The summed E-state index contributed by atoms with van der Waals surface area (Å²) in [6.45, 7) is 3.98. The number of carbonyl (C=O) groups excluding carboxylic acids is 3. The van der Waals surface area contributed by atoms with Crippen LogP contribution in [0, 0.1) is 18.3 Å². The minimum absolute atomic E-state index is 0.0385. The van der Waals surface area contributed by atoms with Crippen molar-refractivity contribution in [3.8, 4) is 18.1 Å². The number of hydrogen-bond acceptors (Lipinski definition) is 6. The maximum absolute atomic E-state index is 13.6. The number of ketones is 2. The lowest BCUT2D eigenvalue weighted by Gasteiger charge is -2.26. The SMILES string of the molecule is C#Cc1ccc(N2C(=O)C(=O)C(C(=O)c3ccc(C(C)C)cc3)C2c2ccc(OC(F)(F)F)cc2)nn1. The summed E-state index contributed by atoms with van der Waals surface area (Å²) >= 11 is 0. The Labute approximate surface area is 210 Å². The van der Waals surface area contributed by atoms with Crippen molar-refractivity contribution in [1.82, 2.24) is 10.2 Å². The fraction of sp³-hybridized carbons (Fsp3) is 0.222. The summed E-state index contributed by atoms with van der Waals surface area (Å²) in [6, 6.07) is 12.9. The van der Waals surface area contributed by atoms with Crippen molar-refractivity contribution in [3.63, 3.8) is 0 Å². The smallest absolute Gasteiger partial charge is 0.406 e. The van der Waals surface area contributed by atoms with Crippen LogP contribution < -0.4 is 9.64 Å². The molecule has 3 aromatic rings. The van der Waals surface area contributed by atoms with E-state index in [-0.39, 0.29) is 28.6 Å². The number of hydrogen-bond donors (Lipinski definition) is 0. The van der Waals surface area contributed by atoms with Crippen LogP contribution in [0.2, 0.25) is 0 Å². The molecule has 1 saturated heterocycles. The van der Waals surface area contributed by atoms with Gasteiger partial charge in [0.15, 0.2) is 11.6 Å². The number of ether oxygens (including phenoxy) is 1. The second-order valence-electron chi connectivity index (χ2n) is 8.64. The average Bonchev–Trinajstić information content (AvgIpc) is 3.13. The van der Waals surface area contributed by atoms with Gasteiger partial charge < -0.3 is 4.74 Å². The molecule has 0 saturated carbocycles. The van der Waals surface area contributed by atoms with Crippen molar-refractivity contribution in [1.29, 1.82) is 0 Å². The lowest BCUT2D eigenvalue weighted by Crippen LogP contribution is -2.31. The average molecular weight is 507 g/mol. The van der Waals surface area contributed by atoms with E-state index < -0.39 is 41.5 Å². The van der Waals surface area contributed by atoms with Crippen LogP contribution in [-0.4, -0.2) is 34.0 Å². The molecule has 10 heteroatoms. The molecule has 1 aliphatic heterocycles. The summed E-state index contributed by atoms with van der Waals surface area (Å²) in [5.74, 6) is -2.08. The molecule has 1 fully saturated rings. The summed E-state index contributed by atoms with van der Waals surface area (Å²) in [6.07, 6.45) is 0.410. The Bertz CT molecular complexity index is 1380. The fourth-order valence-corrected chi connectivity index (χ4v) is 4.13. The third-order valence-electron chi connectivity index (χ3n) is 5.95. The maximum Gasteiger partial charge on any atom is 0.573 e. The minimum atomic E-state index is -4.90. The second kappa shape index (κ2) is 9.85. The van der Waals surface area contributed by atoms with Crippen LogP contribution in [0.15, 0.2) is 60.7 Å². The van der Waals surface area contributed by atoms with E-state index in [0.717, 1.165) is 22.6 Å². The largest absolute Gasteiger partial charge is 0.573 e. The molecule has 0 radical (unpaired) electrons. The highest BCUT2D eigenvalue weighted by atomic mass is 19.4. The topological polar surface area (TPSA) is 89.5 Å². The molecule has 2 heterocycles. The van der Waals surface area contributed by atoms with Gasteiger partial charge in [-0.25, -0.2) is 0 Å². The van der Waals surface area contributed by atoms with Gasteiger partial charge >= 0.3 is 6.36 Å². The Hall–Kier alpha value is -4.52. The summed E-state index contributed by atoms with van der Waals surface area (Å²) in [4.78, 5) is 40.9. The van der Waals surface area contributed by atoms with E-state index >= 15 is 0 Å². The number of benzene rings is 2. The molecule has 0 bridgehead atoms. The van der Waals surface area contributed by atoms with Crippen LogP contribution in [0.25, 0.3) is 0 Å². The lowest BCUT2D eigenvalue weighted by atomic mass is 9.86. The van der Waals surface area contributed by atoms with Crippen molar-refractivity contribution in [2.75, 3.05) is 4.90 Å². The van der Waals surface area contributed by atoms with Gasteiger partial charge in [-0.05, 0) is 47.2 Å². The molecule has 0 aliphatic carbocycles. The van der Waals surface area contributed by atoms with Crippen LogP contribution in [0.5, 0.6) is 5.75 Å². The Morgan fingerprint density at radius 1 is 1.00 bits per heavy atom. The predicted molar refractivity (Wildman–Crippen MR) is 127 cm³/mol. The zero-order valence-electron chi connectivity index (χ0n) is 19.7. The summed E-state index contributed by atoms with van der Waals surface area (Å²) in [5, 5.41) is 7.75. The fourth-order valence-electron chi connectivity index (χ4n) is 4.13. The summed E-state index contributed by atoms with van der Waals surface area (Å²) in [7, 11) is 0. The Morgan fingerprint density at radius 3 is 2.16 bits per heavy atom. The molecule has 1 aromatic heterocycles. The normalized spacial score (nSPS) is 17.7. The molecule has 2 unspecified atom stereocenters. The number of aromatic nitrogens is 2. The molecule has 7 nitrogen and oxygen atoms in total. The number of alkyl halides is 3. The minimum Gasteiger partial charge on any atom is -0.406 e. The Kier molecular flexibility index (Phi) is 6.81. The third-order valence-corrected chi connectivity index (χ3v) is 5.95. The first kappa shape index (κ1) is 25.6. The first-order valence-electron chi connectivity index (χ1n) is 11.2. The highest BCUT2D eigenvalue weighted by Crippen LogP contribution is 2.41. The molecular formula is C27H20F3N3O4. The summed E-state index contributed by atoms with van der Waals surface area (Å²) < 4.78 is 41.8. The number of terminal acetylenes is 1. The molecule has 0 spiro atoms. The molecule has 2 aromatic carbocycles. The van der Waals surface area contributed by atoms with E-state index in [1.165, 1.54) is 24.3 Å². The van der Waals surface area contributed by atoms with E-state index in [1.807, 2.05) is 13.8 Å². The number of carbonyl (C=O) groups is 3. The zero-order chi connectivity index (χ0) is 26.9. The number of rotatable bonds is 6. The van der Waals surface area contributed by atoms with E-state index in [1.54, 1.807) is 24.3 Å². The highest BCUT2D eigenvalue weighted by Gasteiger charge is 2.53. The highest BCUT2D eigenvalue weighted by molar-refractivity contribution is 6.48. The molecule has 2 atom stereocenters. The van der Waals surface area contributed by atoms with E-state index in [9.17, 15) is 27.6 Å². The van der Waals surface area contributed by atoms with Crippen LogP contribution >= 0.6 is 0 Å². The van der Waals surface area contributed by atoms with Crippen LogP contribution in [-0.2, 0) is 9.59 Å². The standard InChI is InChI=1S/C27H20F3N3O4/c1-4-19-11-14-21(32-31-19)33-23(17-9-12-20(13-10-17)37-27(28,29)30)22(25(35)26(33)36)24(34)18-7-5-16(6-8-18)15(2)3/h1,5-15,22-23H,2-3H3. The van der Waals surface area contributed by atoms with Gasteiger partial charge in [0.1, 0.15) is 17.4 Å². The van der Waals surface area contributed by atoms with Gasteiger partial charge in [-0.3, -0.25) is 19.3 Å². The van der Waals surface area contributed by atoms with Gasteiger partial charge in [0, 0.05) is 5.56 Å². The second-order valence-corrected chi connectivity index (χ2v) is 8.64. The van der Waals surface area contributed by atoms with E-state index in [4.69, 9.17) is 6.42 Å². The number of anilines is 1. The first-order valence-corrected chi connectivity index (χ1v) is 11.2. The van der Waals surface area contributed by atoms with Gasteiger partial charge in [0.05, 0.1) is 6.04 Å². The van der Waals surface area contributed by atoms with E-state index in [2.05, 4.69) is 20.9 Å². The molecule has 1 amide bonds. The quantitative estimate of drug-likeness (QED) is 0.209. The van der Waals surface area contributed by atoms with Gasteiger partial charge in [-0.1, -0.05) is 50.2 Å². The van der Waals surface area contributed by atoms with Crippen LogP contribution in [0.1, 0.15) is 53.0 Å². The molecule has 188 valence electrons. The van der Waals surface area contributed by atoms with Crippen LogP contribution in [0.3, 0.4) is 0 Å². The van der Waals surface area contributed by atoms with Crippen LogP contribution in [0.4, 0.5) is 19.0 Å². The van der Waals surface area contributed by atoms with Gasteiger partial charge in [0.25, 0.3) is 5.91 Å². The number of Topliss-reactive ketones (excluding diaryl/α,β-unsaturated/α-hetero) is 2. The number of amides is 1. The first-order chi connectivity index (χ1) is 17.5. The monoisotopic (exact) mass is 507 g/mol. The maximum atomic E-state index is 13.6. The third kappa shape index (κ3) is 5.21. The number of nitrogens with zero attached hydrogens (tertiary/aromatic N) is 3. The van der Waals surface area contributed by atoms with Crippen molar-refractivity contribution in [2.24, 2.45) is 5.92 Å². The molecule has 1 aliphatic rings. The van der Waals surface area contributed by atoms with Gasteiger partial charge in [-0.2, -0.15) is 0 Å². The van der Waals surface area contributed by atoms with Crippen molar-refractivity contribution in [3.05, 3.63) is 83.0 Å². The molecular weight excluding hydrogens is 487 g/mol. The van der Waals surface area contributed by atoms with Crippen molar-refractivity contribution >= 4 is 23.3 Å². The van der Waals surface area contributed by atoms with Gasteiger partial charge in [0.2, 0.25) is 5.78 Å². The summed E-state index contributed by atoms with van der Waals surface area (Å²) in [5.41, 5.74) is 1.61. The molecule has 4 rings (SSSR count). The Balaban J connectivity index is 1.79. The molecule has 0 N–H and O–H groups in total. The van der Waals surface area contributed by atoms with Gasteiger partial charge in [-0.15, -0.1) is 29.8 Å². The Morgan fingerprint density at radius 2 is 1.65 bits per heavy atom. The number of halogens is 3. The van der Waals surface area contributed by atoms with Crippen molar-refractivity contribution < 1.29 is 32.3 Å².